The Morgan fingerprint density at radius 2 is 1.67 bits per heavy atom. The van der Waals surface area contributed by atoms with Crippen LogP contribution < -0.4 is 4.90 Å². The smallest absolute Gasteiger partial charge is 0.244 e. The van der Waals surface area contributed by atoms with Crippen molar-refractivity contribution in [3.05, 3.63) is 18.3 Å². The Hall–Kier alpha value is -1.71. The van der Waals surface area contributed by atoms with E-state index in [4.69, 9.17) is 4.74 Å². The van der Waals surface area contributed by atoms with Crippen molar-refractivity contribution in [2.45, 2.75) is 37.5 Å². The SMILES string of the molecule is CC1CCN(C(=O)C2CCN(c3ccc(S(=O)(=O)N4CCOCC4)cn3)CC2)CC1. The summed E-state index contributed by atoms with van der Waals surface area (Å²) in [4.78, 5) is 21.7. The van der Waals surface area contributed by atoms with E-state index >= 15 is 0 Å². The van der Waals surface area contributed by atoms with E-state index in [-0.39, 0.29) is 10.8 Å². The molecule has 9 heteroatoms. The molecule has 30 heavy (non-hydrogen) atoms. The van der Waals surface area contributed by atoms with Gasteiger partial charge in [-0.15, -0.1) is 0 Å². The molecule has 166 valence electrons. The molecule has 0 radical (unpaired) electrons. The van der Waals surface area contributed by atoms with E-state index in [0.29, 0.717) is 32.2 Å². The topological polar surface area (TPSA) is 83.1 Å². The van der Waals surface area contributed by atoms with Gasteiger partial charge in [-0.3, -0.25) is 4.79 Å². The molecule has 0 spiro atoms. The maximum Gasteiger partial charge on any atom is 0.244 e. The Labute approximate surface area is 179 Å². The van der Waals surface area contributed by atoms with Crippen molar-refractivity contribution in [2.75, 3.05) is 57.4 Å². The molecule has 4 rings (SSSR count). The summed E-state index contributed by atoms with van der Waals surface area (Å²) in [7, 11) is -3.52. The first-order valence-electron chi connectivity index (χ1n) is 11.0. The van der Waals surface area contributed by atoms with Crippen LogP contribution in [0.4, 0.5) is 5.82 Å². The third kappa shape index (κ3) is 4.63. The van der Waals surface area contributed by atoms with E-state index in [1.54, 1.807) is 12.1 Å². The lowest BCUT2D eigenvalue weighted by molar-refractivity contribution is -0.137. The van der Waals surface area contributed by atoms with Crippen LogP contribution in [0.5, 0.6) is 0 Å². The van der Waals surface area contributed by atoms with Crippen molar-refractivity contribution < 1.29 is 17.9 Å². The van der Waals surface area contributed by atoms with Crippen LogP contribution in [-0.4, -0.2) is 81.0 Å². The molecular weight excluding hydrogens is 404 g/mol. The van der Waals surface area contributed by atoms with Gasteiger partial charge in [0.05, 0.1) is 13.2 Å². The van der Waals surface area contributed by atoms with Gasteiger partial charge in [0.25, 0.3) is 0 Å². The van der Waals surface area contributed by atoms with Crippen molar-refractivity contribution in [1.82, 2.24) is 14.2 Å². The minimum Gasteiger partial charge on any atom is -0.379 e. The van der Waals surface area contributed by atoms with Gasteiger partial charge < -0.3 is 14.5 Å². The summed E-state index contributed by atoms with van der Waals surface area (Å²) in [5, 5.41) is 0. The van der Waals surface area contributed by atoms with Gasteiger partial charge >= 0.3 is 0 Å². The number of aromatic nitrogens is 1. The summed E-state index contributed by atoms with van der Waals surface area (Å²) < 4.78 is 32.2. The van der Waals surface area contributed by atoms with Crippen LogP contribution in [0.3, 0.4) is 0 Å². The molecule has 3 aliphatic heterocycles. The summed E-state index contributed by atoms with van der Waals surface area (Å²) in [5.74, 6) is 1.89. The van der Waals surface area contributed by atoms with Crippen molar-refractivity contribution in [2.24, 2.45) is 11.8 Å². The standard InChI is InChI=1S/C21H32N4O4S/c1-17-4-8-24(9-5-17)21(26)18-6-10-23(11-7-18)20-3-2-19(16-22-20)30(27,28)25-12-14-29-15-13-25/h2-3,16-18H,4-15H2,1H3. The Kier molecular flexibility index (Phi) is 6.60. The Morgan fingerprint density at radius 1 is 1.00 bits per heavy atom. The number of hydrogen-bond donors (Lipinski definition) is 0. The lowest BCUT2D eigenvalue weighted by Crippen LogP contribution is -2.45. The first-order chi connectivity index (χ1) is 14.4. The maximum absolute atomic E-state index is 12.8. The predicted octanol–water partition coefficient (Wildman–Crippen LogP) is 1.58. The Bertz CT molecular complexity index is 823. The number of ether oxygens (including phenoxy) is 1. The fourth-order valence-corrected chi connectivity index (χ4v) is 5.84. The first-order valence-corrected chi connectivity index (χ1v) is 12.5. The van der Waals surface area contributed by atoms with Crippen LogP contribution in [0.25, 0.3) is 0 Å². The number of rotatable bonds is 4. The van der Waals surface area contributed by atoms with Crippen LogP contribution in [-0.2, 0) is 19.6 Å². The normalized spacial score (nSPS) is 23.0. The number of carbonyl (C=O) groups is 1. The summed E-state index contributed by atoms with van der Waals surface area (Å²) >= 11 is 0. The molecule has 0 unspecified atom stereocenters. The zero-order valence-corrected chi connectivity index (χ0v) is 18.5. The molecule has 1 aromatic rings. The Balaban J connectivity index is 1.33. The van der Waals surface area contributed by atoms with Gasteiger partial charge in [0.15, 0.2) is 0 Å². The van der Waals surface area contributed by atoms with E-state index in [1.807, 2.05) is 4.90 Å². The molecule has 0 aliphatic carbocycles. The molecule has 0 bridgehead atoms. The monoisotopic (exact) mass is 436 g/mol. The second-order valence-corrected chi connectivity index (χ2v) is 10.6. The van der Waals surface area contributed by atoms with Crippen molar-refractivity contribution >= 4 is 21.7 Å². The quantitative estimate of drug-likeness (QED) is 0.713. The third-order valence-corrected chi connectivity index (χ3v) is 8.47. The summed E-state index contributed by atoms with van der Waals surface area (Å²) in [5.41, 5.74) is 0. The largest absolute Gasteiger partial charge is 0.379 e. The lowest BCUT2D eigenvalue weighted by Gasteiger charge is -2.37. The average molecular weight is 437 g/mol. The third-order valence-electron chi connectivity index (χ3n) is 6.59. The van der Waals surface area contributed by atoms with Crippen LogP contribution in [0.2, 0.25) is 0 Å². The average Bonchev–Trinajstić information content (AvgIpc) is 2.80. The molecule has 0 aromatic carbocycles. The molecule has 4 heterocycles. The minimum absolute atomic E-state index is 0.0932. The van der Waals surface area contributed by atoms with Gasteiger partial charge in [0.1, 0.15) is 10.7 Å². The first kappa shape index (κ1) is 21.5. The predicted molar refractivity (Wildman–Crippen MR) is 114 cm³/mol. The molecule has 8 nitrogen and oxygen atoms in total. The lowest BCUT2D eigenvalue weighted by atomic mass is 9.92. The fraction of sp³-hybridized carbons (Fsp3) is 0.714. The van der Waals surface area contributed by atoms with Crippen LogP contribution >= 0.6 is 0 Å². The molecule has 0 atom stereocenters. The zero-order valence-electron chi connectivity index (χ0n) is 17.7. The second kappa shape index (κ2) is 9.20. The number of hydrogen-bond acceptors (Lipinski definition) is 6. The molecule has 1 aromatic heterocycles. The van der Waals surface area contributed by atoms with Gasteiger partial charge in [-0.25, -0.2) is 13.4 Å². The number of piperidine rings is 2. The molecular formula is C21H32N4O4S. The second-order valence-electron chi connectivity index (χ2n) is 8.64. The van der Waals surface area contributed by atoms with E-state index in [1.165, 1.54) is 10.5 Å². The van der Waals surface area contributed by atoms with Crippen molar-refractivity contribution in [3.63, 3.8) is 0 Å². The highest BCUT2D eigenvalue weighted by Crippen LogP contribution is 2.26. The van der Waals surface area contributed by atoms with Crippen molar-refractivity contribution in [3.8, 4) is 0 Å². The van der Waals surface area contributed by atoms with Gasteiger partial charge in [0, 0.05) is 51.4 Å². The number of anilines is 1. The highest BCUT2D eigenvalue weighted by atomic mass is 32.2. The molecule has 1 amide bonds. The van der Waals surface area contributed by atoms with Crippen LogP contribution in [0, 0.1) is 11.8 Å². The van der Waals surface area contributed by atoms with Gasteiger partial charge in [0.2, 0.25) is 15.9 Å². The number of morpholine rings is 1. The summed E-state index contributed by atoms with van der Waals surface area (Å²) in [6, 6.07) is 3.42. The van der Waals surface area contributed by atoms with Crippen molar-refractivity contribution in [1.29, 1.82) is 0 Å². The number of sulfonamides is 1. The maximum atomic E-state index is 12.8. The number of likely N-dealkylation sites (tertiary alicyclic amines) is 1. The highest BCUT2D eigenvalue weighted by Gasteiger charge is 2.31. The van der Waals surface area contributed by atoms with E-state index < -0.39 is 10.0 Å². The van der Waals surface area contributed by atoms with E-state index in [0.717, 1.165) is 63.6 Å². The molecule has 3 fully saturated rings. The van der Waals surface area contributed by atoms with Crippen LogP contribution in [0.1, 0.15) is 32.6 Å². The van der Waals surface area contributed by atoms with E-state index in [2.05, 4.69) is 16.8 Å². The molecule has 0 N–H and O–H groups in total. The fourth-order valence-electron chi connectivity index (χ4n) is 4.49. The summed E-state index contributed by atoms with van der Waals surface area (Å²) in [6.07, 6.45) is 5.30. The van der Waals surface area contributed by atoms with Gasteiger partial charge in [-0.2, -0.15) is 4.31 Å². The molecule has 3 saturated heterocycles. The Morgan fingerprint density at radius 3 is 2.27 bits per heavy atom. The molecule has 0 saturated carbocycles. The zero-order chi connectivity index (χ0) is 21.1. The molecule has 3 aliphatic rings. The number of pyridine rings is 1. The minimum atomic E-state index is -3.52. The number of carbonyl (C=O) groups excluding carboxylic acids is 1. The number of nitrogens with zero attached hydrogens (tertiary/aromatic N) is 4. The van der Waals surface area contributed by atoms with Crippen LogP contribution in [0.15, 0.2) is 23.2 Å². The summed E-state index contributed by atoms with van der Waals surface area (Å²) in [6.45, 7) is 7.17. The highest BCUT2D eigenvalue weighted by molar-refractivity contribution is 7.89. The number of amides is 1. The van der Waals surface area contributed by atoms with E-state index in [9.17, 15) is 13.2 Å². The van der Waals surface area contributed by atoms with Gasteiger partial charge in [-0.1, -0.05) is 6.92 Å². The van der Waals surface area contributed by atoms with Gasteiger partial charge in [-0.05, 0) is 43.7 Å².